The number of rotatable bonds is 7. The highest BCUT2D eigenvalue weighted by atomic mass is 16.5. The Morgan fingerprint density at radius 2 is 2.10 bits per heavy atom. The van der Waals surface area contributed by atoms with E-state index >= 15 is 0 Å². The Morgan fingerprint density at radius 1 is 1.38 bits per heavy atom. The average molecular weight is 293 g/mol. The molecule has 1 rings (SSSR count). The van der Waals surface area contributed by atoms with E-state index < -0.39 is 0 Å². The van der Waals surface area contributed by atoms with Gasteiger partial charge in [-0.05, 0) is 25.5 Å². The minimum Gasteiger partial charge on any atom is -0.494 e. The predicted octanol–water partition coefficient (Wildman–Crippen LogP) is 1.31. The molecule has 6 nitrogen and oxygen atoms in total. The number of nitrogens with one attached hydrogen (secondary N) is 2. The van der Waals surface area contributed by atoms with Crippen LogP contribution in [0.3, 0.4) is 0 Å². The van der Waals surface area contributed by atoms with Crippen LogP contribution in [0.15, 0.2) is 18.2 Å². The number of nitrogens with two attached hydrogens (primary N) is 1. The number of nitrogen functional groups attached to an aromatic ring is 1. The van der Waals surface area contributed by atoms with Crippen molar-refractivity contribution in [1.82, 2.24) is 10.6 Å². The van der Waals surface area contributed by atoms with Crippen LogP contribution < -0.4 is 21.1 Å². The van der Waals surface area contributed by atoms with Gasteiger partial charge in [0.15, 0.2) is 5.75 Å². The van der Waals surface area contributed by atoms with Crippen molar-refractivity contribution in [2.75, 3.05) is 19.4 Å². The number of hydrogen-bond donors (Lipinski definition) is 3. The lowest BCUT2D eigenvalue weighted by molar-refractivity contribution is -0.121. The highest BCUT2D eigenvalue weighted by molar-refractivity contribution is 5.98. The smallest absolute Gasteiger partial charge is 0.255 e. The van der Waals surface area contributed by atoms with Gasteiger partial charge < -0.3 is 21.1 Å². The summed E-state index contributed by atoms with van der Waals surface area (Å²) < 4.78 is 5.13. The van der Waals surface area contributed by atoms with Gasteiger partial charge in [0.05, 0.1) is 18.4 Å². The van der Waals surface area contributed by atoms with Crippen molar-refractivity contribution >= 4 is 17.5 Å². The van der Waals surface area contributed by atoms with Gasteiger partial charge in [0, 0.05) is 19.0 Å². The quantitative estimate of drug-likeness (QED) is 0.661. The second-order valence-corrected chi connectivity index (χ2v) is 4.81. The molecule has 0 aliphatic carbocycles. The Morgan fingerprint density at radius 3 is 2.71 bits per heavy atom. The van der Waals surface area contributed by atoms with Crippen molar-refractivity contribution in [3.63, 3.8) is 0 Å². The van der Waals surface area contributed by atoms with Crippen molar-refractivity contribution in [2.24, 2.45) is 0 Å². The lowest BCUT2D eigenvalue weighted by atomic mass is 10.1. The van der Waals surface area contributed by atoms with Crippen molar-refractivity contribution in [1.29, 1.82) is 0 Å². The third kappa shape index (κ3) is 4.98. The summed E-state index contributed by atoms with van der Waals surface area (Å²) in [5.74, 6) is -0.0428. The van der Waals surface area contributed by atoms with Gasteiger partial charge in [-0.2, -0.15) is 0 Å². The largest absolute Gasteiger partial charge is 0.494 e. The molecule has 0 saturated carbocycles. The molecule has 0 spiro atoms. The van der Waals surface area contributed by atoms with Crippen LogP contribution in [0.5, 0.6) is 5.75 Å². The lowest BCUT2D eigenvalue weighted by Crippen LogP contribution is -2.35. The molecule has 1 aromatic carbocycles. The molecule has 4 N–H and O–H groups in total. The molecule has 6 heteroatoms. The minimum atomic E-state index is -0.310. The monoisotopic (exact) mass is 293 g/mol. The van der Waals surface area contributed by atoms with E-state index in [4.69, 9.17) is 10.5 Å². The number of methoxy groups -OCH3 is 1. The molecule has 116 valence electrons. The maximum absolute atomic E-state index is 12.1. The van der Waals surface area contributed by atoms with E-state index in [1.807, 2.05) is 13.8 Å². The van der Waals surface area contributed by atoms with Crippen LogP contribution in [0.4, 0.5) is 5.69 Å². The summed E-state index contributed by atoms with van der Waals surface area (Å²) in [5.41, 5.74) is 6.51. The van der Waals surface area contributed by atoms with E-state index in [-0.39, 0.29) is 30.8 Å². The molecule has 0 aliphatic rings. The second-order valence-electron chi connectivity index (χ2n) is 4.81. The molecule has 2 amide bonds. The average Bonchev–Trinajstić information content (AvgIpc) is 2.46. The molecule has 0 fully saturated rings. The molecular formula is C15H23N3O3. The number of hydrogen-bond acceptors (Lipinski definition) is 4. The van der Waals surface area contributed by atoms with E-state index in [0.717, 1.165) is 6.42 Å². The number of ether oxygens (including phenoxy) is 1. The maximum Gasteiger partial charge on any atom is 0.255 e. The van der Waals surface area contributed by atoms with Gasteiger partial charge in [0.1, 0.15) is 0 Å². The van der Waals surface area contributed by atoms with Crippen LogP contribution in [0.2, 0.25) is 0 Å². The second kappa shape index (κ2) is 8.14. The number of para-hydroxylation sites is 1. The van der Waals surface area contributed by atoms with Gasteiger partial charge in [-0.25, -0.2) is 0 Å². The van der Waals surface area contributed by atoms with Crippen LogP contribution >= 0.6 is 0 Å². The molecule has 21 heavy (non-hydrogen) atoms. The fraction of sp³-hybridized carbons (Fsp3) is 0.467. The minimum absolute atomic E-state index is 0.0795. The van der Waals surface area contributed by atoms with Gasteiger partial charge in [-0.3, -0.25) is 9.59 Å². The Balaban J connectivity index is 2.52. The summed E-state index contributed by atoms with van der Waals surface area (Å²) in [7, 11) is 1.46. The fourth-order valence-electron chi connectivity index (χ4n) is 1.80. The Bertz CT molecular complexity index is 503. The Hall–Kier alpha value is -2.24. The molecule has 0 heterocycles. The van der Waals surface area contributed by atoms with Crippen molar-refractivity contribution in [3.8, 4) is 5.75 Å². The molecule has 0 aliphatic heterocycles. The number of carbonyl (C=O) groups excluding carboxylic acids is 2. The summed E-state index contributed by atoms with van der Waals surface area (Å²) in [6.07, 6.45) is 1.11. The van der Waals surface area contributed by atoms with Gasteiger partial charge >= 0.3 is 0 Å². The van der Waals surface area contributed by atoms with Gasteiger partial charge in [0.2, 0.25) is 5.91 Å². The third-order valence-corrected chi connectivity index (χ3v) is 3.15. The number of amides is 2. The zero-order valence-electron chi connectivity index (χ0n) is 12.7. The SMILES string of the molecule is CCC(C)NC(=O)CCNC(=O)c1cccc(N)c1OC. The zero-order chi connectivity index (χ0) is 15.8. The molecule has 1 unspecified atom stereocenters. The van der Waals surface area contributed by atoms with Gasteiger partial charge in [-0.15, -0.1) is 0 Å². The standard InChI is InChI=1S/C15H23N3O3/c1-4-10(2)18-13(19)8-9-17-15(20)11-6-5-7-12(16)14(11)21-3/h5-7,10H,4,8-9,16H2,1-3H3,(H,17,20)(H,18,19). The van der Waals surface area contributed by atoms with Crippen LogP contribution in [0, 0.1) is 0 Å². The molecule has 1 aromatic rings. The molecule has 0 bridgehead atoms. The highest BCUT2D eigenvalue weighted by Gasteiger charge is 2.14. The number of benzene rings is 1. The highest BCUT2D eigenvalue weighted by Crippen LogP contribution is 2.25. The van der Waals surface area contributed by atoms with Crippen LogP contribution in [-0.4, -0.2) is 31.5 Å². The first-order valence-corrected chi connectivity index (χ1v) is 6.99. The van der Waals surface area contributed by atoms with Crippen molar-refractivity contribution < 1.29 is 14.3 Å². The summed E-state index contributed by atoms with van der Waals surface area (Å²) in [5, 5.41) is 5.53. The summed E-state index contributed by atoms with van der Waals surface area (Å²) >= 11 is 0. The van der Waals surface area contributed by atoms with E-state index in [1.165, 1.54) is 7.11 Å². The first-order chi connectivity index (χ1) is 9.99. The Kier molecular flexibility index (Phi) is 6.52. The first-order valence-electron chi connectivity index (χ1n) is 6.99. The van der Waals surface area contributed by atoms with Crippen molar-refractivity contribution in [2.45, 2.75) is 32.7 Å². The normalized spacial score (nSPS) is 11.6. The maximum atomic E-state index is 12.1. The summed E-state index contributed by atoms with van der Waals surface area (Å²) in [6, 6.07) is 5.11. The third-order valence-electron chi connectivity index (χ3n) is 3.15. The molecule has 0 radical (unpaired) electrons. The number of anilines is 1. The van der Waals surface area contributed by atoms with Crippen molar-refractivity contribution in [3.05, 3.63) is 23.8 Å². The van der Waals surface area contributed by atoms with Crippen LogP contribution in [-0.2, 0) is 4.79 Å². The molecular weight excluding hydrogens is 270 g/mol. The summed E-state index contributed by atoms with van der Waals surface area (Å²) in [4.78, 5) is 23.7. The molecule has 1 atom stereocenters. The van der Waals surface area contributed by atoms with E-state index in [2.05, 4.69) is 10.6 Å². The van der Waals surface area contributed by atoms with Gasteiger partial charge in [-0.1, -0.05) is 13.0 Å². The first kappa shape index (κ1) is 16.8. The van der Waals surface area contributed by atoms with Crippen LogP contribution in [0.25, 0.3) is 0 Å². The topological polar surface area (TPSA) is 93.5 Å². The fourth-order valence-corrected chi connectivity index (χ4v) is 1.80. The predicted molar refractivity (Wildman–Crippen MR) is 82.3 cm³/mol. The van der Waals surface area contributed by atoms with E-state index in [1.54, 1.807) is 18.2 Å². The molecule has 0 saturated heterocycles. The van der Waals surface area contributed by atoms with Gasteiger partial charge in [0.25, 0.3) is 5.91 Å². The Labute approximate surface area is 125 Å². The number of carbonyl (C=O) groups is 2. The lowest BCUT2D eigenvalue weighted by Gasteiger charge is -2.13. The van der Waals surface area contributed by atoms with E-state index in [9.17, 15) is 9.59 Å². The summed E-state index contributed by atoms with van der Waals surface area (Å²) in [6.45, 7) is 4.20. The van der Waals surface area contributed by atoms with E-state index in [0.29, 0.717) is 17.0 Å². The van der Waals surface area contributed by atoms with Crippen LogP contribution in [0.1, 0.15) is 37.0 Å². The zero-order valence-corrected chi connectivity index (χ0v) is 12.7. The molecule has 0 aromatic heterocycles.